The Hall–Kier alpha value is -4.69. The number of pyridine rings is 1. The van der Waals surface area contributed by atoms with Crippen molar-refractivity contribution in [2.24, 2.45) is 0 Å². The van der Waals surface area contributed by atoms with Gasteiger partial charge in [-0.05, 0) is 82.6 Å². The predicted octanol–water partition coefficient (Wildman–Crippen LogP) is 9.11. The molecule has 0 fully saturated rings. The molecule has 5 aromatic rings. The molecule has 2 nitrogen and oxygen atoms in total. The van der Waals surface area contributed by atoms with Gasteiger partial charge in [-0.1, -0.05) is 109 Å². The first-order valence-electron chi connectivity index (χ1n) is 13.7. The molecular weight excluding hydrogens is 472 g/mol. The topological polar surface area (TPSA) is 16.1 Å². The minimum atomic E-state index is 0.994. The first kappa shape index (κ1) is 25.9. The first-order chi connectivity index (χ1) is 19.3. The van der Waals surface area contributed by atoms with Crippen LogP contribution in [0.1, 0.15) is 47.2 Å². The van der Waals surface area contributed by atoms with Crippen LogP contribution in [-0.2, 0) is 0 Å². The summed E-state index contributed by atoms with van der Waals surface area (Å²) in [7, 11) is 0. The Morgan fingerprint density at radius 3 is 1.38 bits per heavy atom. The lowest BCUT2D eigenvalue weighted by Crippen LogP contribution is -2.21. The van der Waals surface area contributed by atoms with Crippen LogP contribution >= 0.6 is 0 Å². The maximum absolute atomic E-state index is 4.11. The van der Waals surface area contributed by atoms with E-state index in [1.54, 1.807) is 0 Å². The molecule has 5 rings (SSSR count). The van der Waals surface area contributed by atoms with E-state index in [0.29, 0.717) is 0 Å². The minimum absolute atomic E-state index is 0.994. The molecule has 39 heavy (non-hydrogen) atoms. The maximum Gasteiger partial charge on any atom is 0.0366 e. The normalized spacial score (nSPS) is 11.8. The monoisotopic (exact) mass is 506 g/mol. The van der Waals surface area contributed by atoms with Crippen LogP contribution < -0.4 is 4.90 Å². The zero-order valence-corrected chi connectivity index (χ0v) is 22.7. The standard InChI is InChI=1S/C37H34N2/c1-3-39(4-2)35-23-21-34(22-24-35)37(32-13-9-6-10-14-32)36(31-11-7-5-8-12-31)33-19-17-29(18-20-33)15-16-30-25-27-38-28-26-30/h5-28H,3-4H2,1-2H3/b16-15+,37-36+. The summed E-state index contributed by atoms with van der Waals surface area (Å²) >= 11 is 0. The highest BCUT2D eigenvalue weighted by Gasteiger charge is 2.16. The van der Waals surface area contributed by atoms with Gasteiger partial charge in [-0.3, -0.25) is 4.98 Å². The Kier molecular flexibility index (Phi) is 8.45. The van der Waals surface area contributed by atoms with Crippen LogP contribution in [0.2, 0.25) is 0 Å². The third kappa shape index (κ3) is 6.25. The van der Waals surface area contributed by atoms with Crippen molar-refractivity contribution in [3.63, 3.8) is 0 Å². The molecule has 0 N–H and O–H groups in total. The van der Waals surface area contributed by atoms with E-state index in [1.807, 2.05) is 24.5 Å². The fraction of sp³-hybridized carbons (Fsp3) is 0.108. The quantitative estimate of drug-likeness (QED) is 0.185. The average molecular weight is 507 g/mol. The van der Waals surface area contributed by atoms with Crippen LogP contribution in [0.15, 0.2) is 134 Å². The van der Waals surface area contributed by atoms with E-state index in [9.17, 15) is 0 Å². The highest BCUT2D eigenvalue weighted by molar-refractivity contribution is 6.04. The molecule has 0 spiro atoms. The van der Waals surface area contributed by atoms with Crippen LogP contribution in [0.4, 0.5) is 5.69 Å². The number of benzene rings is 4. The summed E-state index contributed by atoms with van der Waals surface area (Å²) in [4.78, 5) is 6.49. The minimum Gasteiger partial charge on any atom is -0.372 e. The van der Waals surface area contributed by atoms with Gasteiger partial charge in [0.05, 0.1) is 0 Å². The highest BCUT2D eigenvalue weighted by Crippen LogP contribution is 2.37. The first-order valence-corrected chi connectivity index (χ1v) is 13.7. The predicted molar refractivity (Wildman–Crippen MR) is 168 cm³/mol. The van der Waals surface area contributed by atoms with E-state index < -0.39 is 0 Å². The Morgan fingerprint density at radius 2 is 0.923 bits per heavy atom. The molecule has 0 aliphatic heterocycles. The number of rotatable bonds is 9. The lowest BCUT2D eigenvalue weighted by atomic mass is 9.85. The van der Waals surface area contributed by atoms with Gasteiger partial charge in [0.25, 0.3) is 0 Å². The molecule has 0 amide bonds. The fourth-order valence-electron chi connectivity index (χ4n) is 4.98. The molecule has 4 aromatic carbocycles. The van der Waals surface area contributed by atoms with Crippen molar-refractivity contribution < 1.29 is 0 Å². The zero-order valence-electron chi connectivity index (χ0n) is 22.7. The van der Waals surface area contributed by atoms with Crippen LogP contribution in [0.25, 0.3) is 23.3 Å². The summed E-state index contributed by atoms with van der Waals surface area (Å²) in [5.74, 6) is 0. The van der Waals surface area contributed by atoms with Crippen molar-refractivity contribution in [2.75, 3.05) is 18.0 Å². The molecule has 0 atom stereocenters. The molecule has 0 aliphatic rings. The Morgan fingerprint density at radius 1 is 0.513 bits per heavy atom. The summed E-state index contributed by atoms with van der Waals surface area (Å²) in [5.41, 5.74) is 10.8. The summed E-state index contributed by atoms with van der Waals surface area (Å²) in [5, 5.41) is 0. The van der Waals surface area contributed by atoms with Gasteiger partial charge in [0, 0.05) is 31.2 Å². The van der Waals surface area contributed by atoms with Gasteiger partial charge in [-0.15, -0.1) is 0 Å². The van der Waals surface area contributed by atoms with Gasteiger partial charge < -0.3 is 4.90 Å². The van der Waals surface area contributed by atoms with Crippen LogP contribution in [0, 0.1) is 0 Å². The van der Waals surface area contributed by atoms with Crippen LogP contribution in [0.5, 0.6) is 0 Å². The Bertz CT molecular complexity index is 1510. The molecule has 0 bridgehead atoms. The molecule has 0 saturated carbocycles. The molecule has 0 unspecified atom stereocenters. The lowest BCUT2D eigenvalue weighted by molar-refractivity contribution is 0.866. The van der Waals surface area contributed by atoms with Crippen molar-refractivity contribution in [1.82, 2.24) is 4.98 Å². The van der Waals surface area contributed by atoms with Crippen molar-refractivity contribution >= 4 is 29.0 Å². The summed E-state index contributed by atoms with van der Waals surface area (Å²) in [6, 6.07) is 43.4. The summed E-state index contributed by atoms with van der Waals surface area (Å²) in [6.07, 6.45) is 7.91. The number of aromatic nitrogens is 1. The maximum atomic E-state index is 4.11. The van der Waals surface area contributed by atoms with Crippen molar-refractivity contribution in [2.45, 2.75) is 13.8 Å². The van der Waals surface area contributed by atoms with E-state index in [0.717, 1.165) is 24.2 Å². The van der Waals surface area contributed by atoms with E-state index in [4.69, 9.17) is 0 Å². The Labute approximate surface area is 232 Å². The Balaban J connectivity index is 1.65. The summed E-state index contributed by atoms with van der Waals surface area (Å²) < 4.78 is 0. The number of hydrogen-bond acceptors (Lipinski definition) is 2. The SMILES string of the molecule is CCN(CC)c1ccc(/C(=C(\c2ccccc2)c2ccc(/C=C/c3ccncc3)cc2)c2ccccc2)cc1. The average Bonchev–Trinajstić information content (AvgIpc) is 3.01. The smallest absolute Gasteiger partial charge is 0.0366 e. The van der Waals surface area contributed by atoms with Gasteiger partial charge >= 0.3 is 0 Å². The number of anilines is 1. The van der Waals surface area contributed by atoms with Gasteiger partial charge in [-0.25, -0.2) is 0 Å². The molecule has 0 aliphatic carbocycles. The third-order valence-corrected chi connectivity index (χ3v) is 7.03. The van der Waals surface area contributed by atoms with Crippen LogP contribution in [-0.4, -0.2) is 18.1 Å². The molecule has 0 saturated heterocycles. The van der Waals surface area contributed by atoms with Crippen molar-refractivity contribution in [3.8, 4) is 0 Å². The van der Waals surface area contributed by atoms with Crippen molar-refractivity contribution in [1.29, 1.82) is 0 Å². The largest absolute Gasteiger partial charge is 0.372 e. The van der Waals surface area contributed by atoms with E-state index >= 15 is 0 Å². The lowest BCUT2D eigenvalue weighted by Gasteiger charge is -2.22. The van der Waals surface area contributed by atoms with Crippen molar-refractivity contribution in [3.05, 3.63) is 167 Å². The van der Waals surface area contributed by atoms with Crippen LogP contribution in [0.3, 0.4) is 0 Å². The molecular formula is C37H34N2. The van der Waals surface area contributed by atoms with E-state index in [1.165, 1.54) is 39.1 Å². The van der Waals surface area contributed by atoms with Gasteiger partial charge in [0.1, 0.15) is 0 Å². The fourth-order valence-corrected chi connectivity index (χ4v) is 4.98. The third-order valence-electron chi connectivity index (χ3n) is 7.03. The van der Waals surface area contributed by atoms with Gasteiger partial charge in [-0.2, -0.15) is 0 Å². The van der Waals surface area contributed by atoms with E-state index in [2.05, 4.69) is 145 Å². The van der Waals surface area contributed by atoms with E-state index in [-0.39, 0.29) is 0 Å². The second kappa shape index (κ2) is 12.7. The molecule has 0 radical (unpaired) electrons. The zero-order chi connectivity index (χ0) is 26.9. The second-order valence-corrected chi connectivity index (χ2v) is 9.44. The molecule has 1 heterocycles. The molecule has 2 heteroatoms. The second-order valence-electron chi connectivity index (χ2n) is 9.44. The highest BCUT2D eigenvalue weighted by atomic mass is 15.1. The number of hydrogen-bond donors (Lipinski definition) is 0. The van der Waals surface area contributed by atoms with Gasteiger partial charge in [0.2, 0.25) is 0 Å². The van der Waals surface area contributed by atoms with Gasteiger partial charge in [0.15, 0.2) is 0 Å². The summed E-state index contributed by atoms with van der Waals surface area (Å²) in [6.45, 7) is 6.40. The molecule has 1 aromatic heterocycles. The molecule has 192 valence electrons. The number of nitrogens with zero attached hydrogens (tertiary/aromatic N) is 2.